The average Bonchev–Trinajstić information content (AvgIpc) is 2.20. The van der Waals surface area contributed by atoms with E-state index in [4.69, 9.17) is 5.73 Å². The van der Waals surface area contributed by atoms with Crippen molar-refractivity contribution in [2.24, 2.45) is 5.73 Å². The lowest BCUT2D eigenvalue weighted by molar-refractivity contribution is -0.351. The Morgan fingerprint density at radius 3 is 2.60 bits per heavy atom. The van der Waals surface area contributed by atoms with Crippen molar-refractivity contribution in [3.63, 3.8) is 0 Å². The SMILES string of the molecule is CSC(N)=[NH+]c1cccc(N(C)C)c1C. The molecular weight excluding hydrogens is 206 g/mol. The van der Waals surface area contributed by atoms with E-state index < -0.39 is 0 Å². The van der Waals surface area contributed by atoms with Crippen LogP contribution in [0.1, 0.15) is 5.56 Å². The van der Waals surface area contributed by atoms with Gasteiger partial charge in [0.1, 0.15) is 5.69 Å². The molecule has 82 valence electrons. The third-order valence-electron chi connectivity index (χ3n) is 2.26. The lowest BCUT2D eigenvalue weighted by Gasteiger charge is -2.15. The van der Waals surface area contributed by atoms with Gasteiger partial charge in [0.05, 0.1) is 0 Å². The molecule has 0 aliphatic heterocycles. The Bertz CT molecular complexity index is 372. The summed E-state index contributed by atoms with van der Waals surface area (Å²) in [5.74, 6) is 0. The molecule has 0 aliphatic rings. The average molecular weight is 224 g/mol. The predicted molar refractivity (Wildman–Crippen MR) is 68.8 cm³/mol. The van der Waals surface area contributed by atoms with Gasteiger partial charge in [0, 0.05) is 25.3 Å². The molecule has 0 amide bonds. The van der Waals surface area contributed by atoms with Crippen molar-refractivity contribution in [2.45, 2.75) is 6.92 Å². The van der Waals surface area contributed by atoms with Crippen molar-refractivity contribution < 1.29 is 4.99 Å². The van der Waals surface area contributed by atoms with Crippen molar-refractivity contribution in [1.82, 2.24) is 0 Å². The Balaban J connectivity index is 3.15. The molecule has 15 heavy (non-hydrogen) atoms. The summed E-state index contributed by atoms with van der Waals surface area (Å²) in [6, 6.07) is 6.15. The van der Waals surface area contributed by atoms with Gasteiger partial charge in [-0.05, 0) is 37.1 Å². The van der Waals surface area contributed by atoms with E-state index in [1.54, 1.807) is 0 Å². The molecule has 0 saturated heterocycles. The predicted octanol–water partition coefficient (Wildman–Crippen LogP) is 0.451. The molecule has 3 nitrogen and oxygen atoms in total. The van der Waals surface area contributed by atoms with Gasteiger partial charge in [-0.25, -0.2) is 4.99 Å². The van der Waals surface area contributed by atoms with Gasteiger partial charge in [0.2, 0.25) is 0 Å². The maximum absolute atomic E-state index is 5.75. The van der Waals surface area contributed by atoms with Crippen molar-refractivity contribution in [1.29, 1.82) is 0 Å². The van der Waals surface area contributed by atoms with Gasteiger partial charge in [-0.3, -0.25) is 5.73 Å². The highest BCUT2D eigenvalue weighted by Gasteiger charge is 2.07. The Labute approximate surface area is 95.4 Å². The molecule has 0 atom stereocenters. The van der Waals surface area contributed by atoms with Crippen LogP contribution in [-0.4, -0.2) is 25.5 Å². The minimum atomic E-state index is 0.717. The molecule has 0 fully saturated rings. The van der Waals surface area contributed by atoms with Crippen LogP contribution in [0, 0.1) is 6.92 Å². The quantitative estimate of drug-likeness (QED) is 0.566. The summed E-state index contributed by atoms with van der Waals surface area (Å²) in [6.07, 6.45) is 1.95. The number of anilines is 1. The van der Waals surface area contributed by atoms with E-state index in [2.05, 4.69) is 22.9 Å². The zero-order chi connectivity index (χ0) is 11.4. The first-order chi connectivity index (χ1) is 7.06. The number of nitrogens with zero attached hydrogens (tertiary/aromatic N) is 1. The monoisotopic (exact) mass is 224 g/mol. The van der Waals surface area contributed by atoms with Crippen LogP contribution in [0.5, 0.6) is 0 Å². The number of hydrogen-bond acceptors (Lipinski definition) is 2. The maximum atomic E-state index is 5.75. The minimum absolute atomic E-state index is 0.717. The van der Waals surface area contributed by atoms with Crippen molar-refractivity contribution in [3.05, 3.63) is 23.8 Å². The highest BCUT2D eigenvalue weighted by molar-refractivity contribution is 8.12. The molecular formula is C11H18N3S+. The molecule has 4 heteroatoms. The van der Waals surface area contributed by atoms with Crippen molar-refractivity contribution in [2.75, 3.05) is 25.3 Å². The van der Waals surface area contributed by atoms with Crippen LogP contribution >= 0.6 is 11.8 Å². The molecule has 0 heterocycles. The lowest BCUT2D eigenvalue weighted by Crippen LogP contribution is -2.68. The van der Waals surface area contributed by atoms with E-state index in [0.717, 1.165) is 5.69 Å². The van der Waals surface area contributed by atoms with E-state index in [1.165, 1.54) is 23.0 Å². The first-order valence-corrected chi connectivity index (χ1v) is 5.99. The van der Waals surface area contributed by atoms with Gasteiger partial charge in [-0.1, -0.05) is 6.07 Å². The molecule has 0 radical (unpaired) electrons. The van der Waals surface area contributed by atoms with E-state index >= 15 is 0 Å². The summed E-state index contributed by atoms with van der Waals surface area (Å²) >= 11 is 1.51. The molecule has 0 aromatic heterocycles. The van der Waals surface area contributed by atoms with Crippen LogP contribution in [0.3, 0.4) is 0 Å². The smallest absolute Gasteiger partial charge is 0.306 e. The number of hydrogen-bond donors (Lipinski definition) is 2. The van der Waals surface area contributed by atoms with Gasteiger partial charge in [-0.2, -0.15) is 0 Å². The van der Waals surface area contributed by atoms with Gasteiger partial charge >= 0.3 is 5.17 Å². The Morgan fingerprint density at radius 2 is 2.07 bits per heavy atom. The Hall–Kier alpha value is -1.16. The molecule has 0 unspecified atom stereocenters. The normalized spacial score (nSPS) is 11.6. The highest BCUT2D eigenvalue weighted by atomic mass is 32.2. The minimum Gasteiger partial charge on any atom is -0.377 e. The molecule has 0 bridgehead atoms. The molecule has 0 spiro atoms. The zero-order valence-corrected chi connectivity index (χ0v) is 10.5. The topological polar surface area (TPSA) is 43.2 Å². The summed E-state index contributed by atoms with van der Waals surface area (Å²) in [4.78, 5) is 5.28. The molecule has 1 aromatic carbocycles. The van der Waals surface area contributed by atoms with Crippen molar-refractivity contribution >= 4 is 28.3 Å². The zero-order valence-electron chi connectivity index (χ0n) is 9.66. The number of rotatable bonds is 2. The third kappa shape index (κ3) is 2.89. The van der Waals surface area contributed by atoms with Crippen LogP contribution < -0.4 is 15.6 Å². The van der Waals surface area contributed by atoms with Crippen LogP contribution in [0.2, 0.25) is 0 Å². The third-order valence-corrected chi connectivity index (χ3v) is 2.81. The van der Waals surface area contributed by atoms with Crippen LogP contribution in [-0.2, 0) is 0 Å². The highest BCUT2D eigenvalue weighted by Crippen LogP contribution is 2.21. The van der Waals surface area contributed by atoms with E-state index in [0.29, 0.717) is 5.17 Å². The van der Waals surface area contributed by atoms with Gasteiger partial charge in [0.25, 0.3) is 0 Å². The van der Waals surface area contributed by atoms with Crippen LogP contribution in [0.15, 0.2) is 18.2 Å². The van der Waals surface area contributed by atoms with E-state index in [9.17, 15) is 0 Å². The van der Waals surface area contributed by atoms with Gasteiger partial charge < -0.3 is 4.90 Å². The summed E-state index contributed by atoms with van der Waals surface area (Å²) in [5.41, 5.74) is 9.23. The maximum Gasteiger partial charge on any atom is 0.306 e. The van der Waals surface area contributed by atoms with Crippen LogP contribution in [0.4, 0.5) is 11.4 Å². The second-order valence-electron chi connectivity index (χ2n) is 3.54. The number of nitrogens with one attached hydrogen (secondary N) is 1. The number of amidine groups is 1. The van der Waals surface area contributed by atoms with Gasteiger partial charge in [-0.15, -0.1) is 0 Å². The fourth-order valence-corrected chi connectivity index (χ4v) is 1.64. The summed E-state index contributed by atoms with van der Waals surface area (Å²) < 4.78 is 0. The molecule has 3 N–H and O–H groups in total. The molecule has 0 aliphatic carbocycles. The second kappa shape index (κ2) is 5.07. The molecule has 0 saturated carbocycles. The lowest BCUT2D eigenvalue weighted by atomic mass is 10.1. The summed E-state index contributed by atoms with van der Waals surface area (Å²) in [7, 11) is 4.07. The largest absolute Gasteiger partial charge is 0.377 e. The van der Waals surface area contributed by atoms with Gasteiger partial charge in [0.15, 0.2) is 0 Å². The molecule has 1 aromatic rings. The van der Waals surface area contributed by atoms with Crippen molar-refractivity contribution in [3.8, 4) is 0 Å². The fraction of sp³-hybridized carbons (Fsp3) is 0.364. The Morgan fingerprint density at radius 1 is 1.40 bits per heavy atom. The van der Waals surface area contributed by atoms with Crippen LogP contribution in [0.25, 0.3) is 0 Å². The summed E-state index contributed by atoms with van der Waals surface area (Å²) in [6.45, 7) is 2.09. The van der Waals surface area contributed by atoms with E-state index in [1.807, 2.05) is 32.5 Å². The first-order valence-electron chi connectivity index (χ1n) is 4.76. The summed E-state index contributed by atoms with van der Waals surface area (Å²) in [5, 5.41) is 0.717. The standard InChI is InChI=1S/C11H17N3S/c1-8-9(13-11(12)15-4)6-5-7-10(8)14(2)3/h5-7H,1-4H3,(H2,12,13)/p+1. The first kappa shape index (κ1) is 11.9. The molecule has 1 rings (SSSR count). The second-order valence-corrected chi connectivity index (χ2v) is 4.39. The number of nitrogens with two attached hydrogens (primary N) is 1. The van der Waals surface area contributed by atoms with E-state index in [-0.39, 0.29) is 0 Å². The fourth-order valence-electron chi connectivity index (χ4n) is 1.43. The number of thioether (sulfide) groups is 1. The Kier molecular flexibility index (Phi) is 4.03. The number of benzene rings is 1.